The van der Waals surface area contributed by atoms with Gasteiger partial charge in [-0.2, -0.15) is 0 Å². The lowest BCUT2D eigenvalue weighted by molar-refractivity contribution is 0.465. The minimum absolute atomic E-state index is 0.0734. The Labute approximate surface area is 125 Å². The van der Waals surface area contributed by atoms with E-state index in [9.17, 15) is 9.90 Å². The van der Waals surface area contributed by atoms with Crippen molar-refractivity contribution in [2.45, 2.75) is 0 Å². The van der Waals surface area contributed by atoms with Crippen molar-refractivity contribution in [2.75, 3.05) is 0 Å². The van der Waals surface area contributed by atoms with Gasteiger partial charge in [0.1, 0.15) is 5.82 Å². The second-order valence-electron chi connectivity index (χ2n) is 4.30. The van der Waals surface area contributed by atoms with Gasteiger partial charge in [0.2, 0.25) is 5.43 Å². The molecule has 0 radical (unpaired) electrons. The average Bonchev–Trinajstić information content (AvgIpc) is 2.54. The predicted molar refractivity (Wildman–Crippen MR) is 80.7 cm³/mol. The largest absolute Gasteiger partial charge is 0.502 e. The van der Waals surface area contributed by atoms with E-state index in [0.717, 1.165) is 11.1 Å². The summed E-state index contributed by atoms with van der Waals surface area (Å²) in [6.45, 7) is 0. The molecule has 2 aromatic rings. The predicted octanol–water partition coefficient (Wildman–Crippen LogP) is 2.85. The Hall–Kier alpha value is -2.77. The highest BCUT2D eigenvalue weighted by molar-refractivity contribution is 6.31. The van der Waals surface area contributed by atoms with E-state index in [1.807, 2.05) is 18.2 Å². The van der Waals surface area contributed by atoms with Crippen LogP contribution in [0.5, 0.6) is 5.75 Å². The van der Waals surface area contributed by atoms with Crippen molar-refractivity contribution in [1.29, 1.82) is 0 Å². The summed E-state index contributed by atoms with van der Waals surface area (Å²) in [6, 6.07) is 4.85. The quantitative estimate of drug-likeness (QED) is 0.685. The summed E-state index contributed by atoms with van der Waals surface area (Å²) < 4.78 is 1.44. The van der Waals surface area contributed by atoms with Gasteiger partial charge in [0.15, 0.2) is 10.9 Å². The first kappa shape index (κ1) is 13.2. The summed E-state index contributed by atoms with van der Waals surface area (Å²) in [6.07, 6.45) is 8.63. The smallest absolute Gasteiger partial charge is 0.224 e. The maximum absolute atomic E-state index is 11.3. The molecule has 0 fully saturated rings. The summed E-state index contributed by atoms with van der Waals surface area (Å²) in [5.74, 6) is -0.00368. The molecule has 0 atom stereocenters. The zero-order valence-electron chi connectivity index (χ0n) is 10.7. The number of aromatic hydroxyl groups is 1. The fraction of sp³-hybridized carbons (Fsp3) is 0. The Morgan fingerprint density at radius 1 is 1.33 bits per heavy atom. The molecule has 102 valence electrons. The van der Waals surface area contributed by atoms with E-state index in [4.69, 9.17) is 11.6 Å². The number of allylic oxidation sites excluding steroid dienone is 4. The van der Waals surface area contributed by atoms with Crippen LogP contribution in [0.25, 0.3) is 11.4 Å². The van der Waals surface area contributed by atoms with Crippen molar-refractivity contribution in [1.82, 2.24) is 9.55 Å². The molecule has 21 heavy (non-hydrogen) atoms. The molecule has 0 bridgehead atoms. The molecule has 0 unspecified atom stereocenters. The van der Waals surface area contributed by atoms with Gasteiger partial charge in [-0.15, -0.1) is 0 Å². The number of pyridine rings is 2. The number of rotatable bonds is 2. The van der Waals surface area contributed by atoms with Crippen LogP contribution in [0.4, 0.5) is 0 Å². The van der Waals surface area contributed by atoms with Gasteiger partial charge in [0.05, 0.1) is 0 Å². The van der Waals surface area contributed by atoms with Gasteiger partial charge >= 0.3 is 0 Å². The van der Waals surface area contributed by atoms with E-state index in [1.165, 1.54) is 16.8 Å². The lowest BCUT2D eigenvalue weighted by atomic mass is 10.1. The lowest BCUT2D eigenvalue weighted by Crippen LogP contribution is -2.07. The number of hydrogen-bond acceptors (Lipinski definition) is 3. The van der Waals surface area contributed by atoms with Crippen LogP contribution >= 0.6 is 11.6 Å². The highest BCUT2D eigenvalue weighted by Crippen LogP contribution is 2.23. The Balaban J connectivity index is 2.15. The van der Waals surface area contributed by atoms with Crippen LogP contribution in [0.1, 0.15) is 5.56 Å². The molecule has 0 saturated heterocycles. The van der Waals surface area contributed by atoms with Gasteiger partial charge in [-0.1, -0.05) is 29.1 Å². The second-order valence-corrected chi connectivity index (χ2v) is 4.66. The van der Waals surface area contributed by atoms with Crippen molar-refractivity contribution < 1.29 is 5.11 Å². The molecular weight excluding hydrogens is 288 g/mol. The van der Waals surface area contributed by atoms with E-state index in [0.29, 0.717) is 5.82 Å². The minimum Gasteiger partial charge on any atom is -0.502 e. The molecular formula is C16H9ClN2O2. The number of halogens is 1. The van der Waals surface area contributed by atoms with E-state index >= 15 is 0 Å². The summed E-state index contributed by atoms with van der Waals surface area (Å²) in [5.41, 5.74) is 7.11. The molecule has 0 amide bonds. The molecule has 0 saturated carbocycles. The third-order valence-electron chi connectivity index (χ3n) is 2.97. The molecule has 0 spiro atoms. The Bertz CT molecular complexity index is 912. The van der Waals surface area contributed by atoms with E-state index in [1.54, 1.807) is 18.3 Å². The minimum atomic E-state index is -0.529. The fourth-order valence-electron chi connectivity index (χ4n) is 1.92. The number of aromatic nitrogens is 2. The second kappa shape index (κ2) is 5.31. The fourth-order valence-corrected chi connectivity index (χ4v) is 2.15. The lowest BCUT2D eigenvalue weighted by Gasteiger charge is -2.10. The van der Waals surface area contributed by atoms with Crippen LogP contribution in [0.2, 0.25) is 5.15 Å². The third kappa shape index (κ3) is 2.47. The van der Waals surface area contributed by atoms with Crippen LogP contribution in [-0.4, -0.2) is 14.7 Å². The van der Waals surface area contributed by atoms with Gasteiger partial charge in [-0.05, 0) is 29.8 Å². The standard InChI is InChI=1S/C16H9ClN2O2/c17-16-15(21)13(20)7-9-19(16)14-10-12(6-8-18-14)11-4-2-1-3-5-11/h1-2,4,6-10,21H. The first-order chi connectivity index (χ1) is 10.2. The van der Waals surface area contributed by atoms with Crippen molar-refractivity contribution in [3.8, 4) is 11.6 Å². The zero-order valence-corrected chi connectivity index (χ0v) is 11.5. The Morgan fingerprint density at radius 3 is 2.95 bits per heavy atom. The molecule has 2 aromatic heterocycles. The van der Waals surface area contributed by atoms with Gasteiger partial charge in [0, 0.05) is 24.0 Å². The summed E-state index contributed by atoms with van der Waals surface area (Å²) >= 11 is 5.99. The maximum Gasteiger partial charge on any atom is 0.224 e. The van der Waals surface area contributed by atoms with E-state index in [2.05, 4.69) is 16.4 Å². The SMILES string of the molecule is O=c1ccn(-c2cc(C3=C=C=CC=C3)ccn2)c(Cl)c1O. The highest BCUT2D eigenvalue weighted by Gasteiger charge is 2.10. The molecule has 1 aliphatic rings. The molecule has 1 aliphatic carbocycles. The Morgan fingerprint density at radius 2 is 2.19 bits per heavy atom. The third-order valence-corrected chi connectivity index (χ3v) is 3.33. The molecule has 0 aliphatic heterocycles. The molecule has 4 nitrogen and oxygen atoms in total. The van der Waals surface area contributed by atoms with E-state index in [-0.39, 0.29) is 5.15 Å². The van der Waals surface area contributed by atoms with Gasteiger partial charge < -0.3 is 5.11 Å². The van der Waals surface area contributed by atoms with Crippen LogP contribution in [0, 0.1) is 0 Å². The normalized spacial score (nSPS) is 12.5. The first-order valence-electron chi connectivity index (χ1n) is 6.12. The molecule has 5 heteroatoms. The zero-order chi connectivity index (χ0) is 14.8. The molecule has 2 heterocycles. The Kier molecular flexibility index (Phi) is 3.35. The molecule has 3 rings (SSSR count). The van der Waals surface area contributed by atoms with Crippen molar-refractivity contribution in [3.05, 3.63) is 81.2 Å². The molecule has 1 N–H and O–H groups in total. The number of hydrogen-bond donors (Lipinski definition) is 1. The van der Waals surface area contributed by atoms with Crippen molar-refractivity contribution in [2.24, 2.45) is 0 Å². The van der Waals surface area contributed by atoms with Gasteiger partial charge in [0.25, 0.3) is 0 Å². The summed E-state index contributed by atoms with van der Waals surface area (Å²) in [4.78, 5) is 15.5. The topological polar surface area (TPSA) is 55.1 Å². The van der Waals surface area contributed by atoms with Gasteiger partial charge in [-0.3, -0.25) is 9.36 Å². The average molecular weight is 297 g/mol. The van der Waals surface area contributed by atoms with Crippen LogP contribution < -0.4 is 5.43 Å². The van der Waals surface area contributed by atoms with Gasteiger partial charge in [-0.25, -0.2) is 4.98 Å². The van der Waals surface area contributed by atoms with Crippen LogP contribution in [0.3, 0.4) is 0 Å². The molecule has 0 aromatic carbocycles. The monoisotopic (exact) mass is 296 g/mol. The van der Waals surface area contributed by atoms with Crippen LogP contribution in [0.15, 0.2) is 65.1 Å². The number of nitrogens with zero attached hydrogens (tertiary/aromatic N) is 2. The van der Waals surface area contributed by atoms with Crippen molar-refractivity contribution >= 4 is 17.2 Å². The summed E-state index contributed by atoms with van der Waals surface area (Å²) in [7, 11) is 0. The van der Waals surface area contributed by atoms with E-state index < -0.39 is 11.2 Å². The van der Waals surface area contributed by atoms with Crippen LogP contribution in [-0.2, 0) is 0 Å². The highest BCUT2D eigenvalue weighted by atomic mass is 35.5. The first-order valence-corrected chi connectivity index (χ1v) is 6.50. The van der Waals surface area contributed by atoms with Crippen molar-refractivity contribution in [3.63, 3.8) is 0 Å². The summed E-state index contributed by atoms with van der Waals surface area (Å²) in [5, 5.41) is 9.56. The maximum atomic E-state index is 11.3.